The van der Waals surface area contributed by atoms with Crippen LogP contribution in [0.3, 0.4) is 0 Å². The second-order valence-electron chi connectivity index (χ2n) is 3.57. The van der Waals surface area contributed by atoms with E-state index in [0.717, 1.165) is 6.42 Å². The number of hydrogen-bond acceptors (Lipinski definition) is 2. The fourth-order valence-corrected chi connectivity index (χ4v) is 2.27. The third-order valence-electron chi connectivity index (χ3n) is 2.84. The fourth-order valence-electron chi connectivity index (χ4n) is 2.27. The van der Waals surface area contributed by atoms with Crippen molar-refractivity contribution >= 4 is 0 Å². The van der Waals surface area contributed by atoms with Gasteiger partial charge in [0.05, 0.1) is 12.2 Å². The van der Waals surface area contributed by atoms with Crippen LogP contribution in [-0.4, -0.2) is 6.04 Å². The van der Waals surface area contributed by atoms with Gasteiger partial charge in [0.15, 0.2) is 0 Å². The van der Waals surface area contributed by atoms with Crippen molar-refractivity contribution in [2.45, 2.75) is 24.7 Å². The Kier molecular flexibility index (Phi) is 1.15. The van der Waals surface area contributed by atoms with Gasteiger partial charge in [0.1, 0.15) is 0 Å². The van der Waals surface area contributed by atoms with Crippen molar-refractivity contribution in [1.29, 1.82) is 0 Å². The molecular weight excluding hydrogens is 150 g/mol. The van der Waals surface area contributed by atoms with Crippen molar-refractivity contribution in [1.82, 2.24) is 0 Å². The molecule has 0 aromatic heterocycles. The zero-order valence-electron chi connectivity index (χ0n) is 6.73. The van der Waals surface area contributed by atoms with Gasteiger partial charge >= 0.3 is 0 Å². The molecule has 2 aliphatic rings. The summed E-state index contributed by atoms with van der Waals surface area (Å²) in [6, 6.07) is 8.60. The molecule has 2 heteroatoms. The van der Waals surface area contributed by atoms with Gasteiger partial charge in [-0.15, -0.1) is 0 Å². The summed E-state index contributed by atoms with van der Waals surface area (Å²) in [4.78, 5) is 0. The van der Waals surface area contributed by atoms with Crippen molar-refractivity contribution in [2.75, 3.05) is 0 Å². The quantitative estimate of drug-likeness (QED) is 0.626. The number of nitrogens with two attached hydrogens (primary N) is 1. The lowest BCUT2D eigenvalue weighted by Crippen LogP contribution is -2.25. The predicted octanol–water partition coefficient (Wildman–Crippen LogP) is 1.53. The zero-order valence-corrected chi connectivity index (χ0v) is 6.73. The van der Waals surface area contributed by atoms with Crippen LogP contribution in [0, 0.1) is 0 Å². The molecule has 2 heterocycles. The summed E-state index contributed by atoms with van der Waals surface area (Å²) < 4.78 is 5.73. The Morgan fingerprint density at radius 3 is 2.83 bits per heavy atom. The van der Waals surface area contributed by atoms with Gasteiger partial charge < -0.3 is 10.5 Å². The minimum absolute atomic E-state index is 0.172. The number of rotatable bonds is 0. The molecule has 3 atom stereocenters. The van der Waals surface area contributed by atoms with E-state index in [-0.39, 0.29) is 18.2 Å². The second-order valence-corrected chi connectivity index (χ2v) is 3.57. The number of hydrogen-bond donors (Lipinski definition) is 1. The first-order valence-electron chi connectivity index (χ1n) is 4.36. The van der Waals surface area contributed by atoms with Crippen molar-refractivity contribution in [3.05, 3.63) is 35.4 Å². The largest absolute Gasteiger partial charge is 0.364 e. The second kappa shape index (κ2) is 2.09. The molecule has 0 aliphatic carbocycles. The number of ether oxygens (including phenoxy) is 1. The van der Waals surface area contributed by atoms with E-state index in [4.69, 9.17) is 10.5 Å². The Balaban J connectivity index is 2.17. The molecule has 2 nitrogen and oxygen atoms in total. The van der Waals surface area contributed by atoms with Crippen LogP contribution >= 0.6 is 0 Å². The van der Waals surface area contributed by atoms with Crippen LogP contribution in [-0.2, 0) is 4.74 Å². The van der Waals surface area contributed by atoms with E-state index in [1.807, 2.05) is 0 Å². The van der Waals surface area contributed by atoms with Crippen LogP contribution < -0.4 is 5.73 Å². The normalized spacial score (nSPS) is 36.9. The zero-order chi connectivity index (χ0) is 8.13. The Morgan fingerprint density at radius 2 is 2.00 bits per heavy atom. The molecule has 1 unspecified atom stereocenters. The molecule has 1 aromatic carbocycles. The molecule has 1 saturated heterocycles. The van der Waals surface area contributed by atoms with Crippen molar-refractivity contribution in [3.8, 4) is 0 Å². The van der Waals surface area contributed by atoms with Gasteiger partial charge in [0, 0.05) is 6.04 Å². The van der Waals surface area contributed by atoms with Gasteiger partial charge in [-0.05, 0) is 17.5 Å². The minimum Gasteiger partial charge on any atom is -0.364 e. The van der Waals surface area contributed by atoms with E-state index in [1.165, 1.54) is 11.1 Å². The highest BCUT2D eigenvalue weighted by Gasteiger charge is 2.42. The van der Waals surface area contributed by atoms with E-state index >= 15 is 0 Å². The Labute approximate surface area is 71.3 Å². The van der Waals surface area contributed by atoms with Crippen molar-refractivity contribution in [2.24, 2.45) is 5.73 Å². The molecule has 1 aromatic rings. The molecule has 0 spiro atoms. The first kappa shape index (κ1) is 6.63. The van der Waals surface area contributed by atoms with E-state index in [0.29, 0.717) is 0 Å². The summed E-state index contributed by atoms with van der Waals surface area (Å²) in [7, 11) is 0. The van der Waals surface area contributed by atoms with Gasteiger partial charge in [-0.3, -0.25) is 0 Å². The van der Waals surface area contributed by atoms with Gasteiger partial charge in [-0.25, -0.2) is 0 Å². The third-order valence-corrected chi connectivity index (χ3v) is 2.84. The van der Waals surface area contributed by atoms with Gasteiger partial charge in [0.25, 0.3) is 0 Å². The molecule has 62 valence electrons. The maximum absolute atomic E-state index is 5.91. The third kappa shape index (κ3) is 0.667. The lowest BCUT2D eigenvalue weighted by molar-refractivity contribution is 0.0679. The van der Waals surface area contributed by atoms with E-state index < -0.39 is 0 Å². The Morgan fingerprint density at radius 1 is 1.25 bits per heavy atom. The van der Waals surface area contributed by atoms with E-state index in [9.17, 15) is 0 Å². The van der Waals surface area contributed by atoms with Gasteiger partial charge in [-0.1, -0.05) is 24.3 Å². The molecule has 2 bridgehead atoms. The van der Waals surface area contributed by atoms with Crippen LogP contribution in [0.5, 0.6) is 0 Å². The van der Waals surface area contributed by atoms with Gasteiger partial charge in [-0.2, -0.15) is 0 Å². The monoisotopic (exact) mass is 161 g/mol. The van der Waals surface area contributed by atoms with Crippen molar-refractivity contribution in [3.63, 3.8) is 0 Å². The topological polar surface area (TPSA) is 35.2 Å². The predicted molar refractivity (Wildman–Crippen MR) is 45.6 cm³/mol. The fraction of sp³-hybridized carbons (Fsp3) is 0.400. The first-order chi connectivity index (χ1) is 5.86. The lowest BCUT2D eigenvalue weighted by atomic mass is 9.89. The summed E-state index contributed by atoms with van der Waals surface area (Å²) >= 11 is 0. The highest BCUT2D eigenvalue weighted by Crippen LogP contribution is 2.49. The Bertz CT molecular complexity index is 323. The van der Waals surface area contributed by atoms with Crippen molar-refractivity contribution < 1.29 is 4.74 Å². The molecule has 2 N–H and O–H groups in total. The molecule has 0 radical (unpaired) electrons. The van der Waals surface area contributed by atoms with Crippen LogP contribution in [0.4, 0.5) is 0 Å². The highest BCUT2D eigenvalue weighted by molar-refractivity contribution is 5.38. The Hall–Kier alpha value is -0.860. The summed E-state index contributed by atoms with van der Waals surface area (Å²) in [5.41, 5.74) is 8.57. The standard InChI is InChI=1S/C10H11NO/c11-8-5-9-6-3-1-2-4-7(6)10(8)12-9/h1-4,8-10H,5,11H2/t8-,9?,10+/m0/s1. The summed E-state index contributed by atoms with van der Waals surface area (Å²) in [6.45, 7) is 0. The lowest BCUT2D eigenvalue weighted by Gasteiger charge is -2.16. The number of fused-ring (bicyclic) bond motifs is 5. The first-order valence-corrected chi connectivity index (χ1v) is 4.36. The smallest absolute Gasteiger partial charge is 0.0988 e. The summed E-state index contributed by atoms with van der Waals surface area (Å²) in [5, 5.41) is 0. The van der Waals surface area contributed by atoms with Crippen LogP contribution in [0.2, 0.25) is 0 Å². The average molecular weight is 161 g/mol. The maximum Gasteiger partial charge on any atom is 0.0988 e. The van der Waals surface area contributed by atoms with Crippen LogP contribution in [0.15, 0.2) is 24.3 Å². The summed E-state index contributed by atoms with van der Waals surface area (Å²) in [6.07, 6.45) is 1.44. The molecule has 0 amide bonds. The van der Waals surface area contributed by atoms with Crippen LogP contribution in [0.25, 0.3) is 0 Å². The molecule has 3 rings (SSSR count). The molecule has 12 heavy (non-hydrogen) atoms. The molecule has 0 saturated carbocycles. The maximum atomic E-state index is 5.91. The minimum atomic E-state index is 0.172. The highest BCUT2D eigenvalue weighted by atomic mass is 16.5. The van der Waals surface area contributed by atoms with Gasteiger partial charge in [0.2, 0.25) is 0 Å². The van der Waals surface area contributed by atoms with E-state index in [2.05, 4.69) is 24.3 Å². The average Bonchev–Trinajstić information content (AvgIpc) is 2.62. The molecule has 2 aliphatic heterocycles. The summed E-state index contributed by atoms with van der Waals surface area (Å²) in [5.74, 6) is 0. The molecular formula is C10H11NO. The van der Waals surface area contributed by atoms with E-state index in [1.54, 1.807) is 0 Å². The van der Waals surface area contributed by atoms with Crippen LogP contribution in [0.1, 0.15) is 29.8 Å². The number of benzene rings is 1. The molecule has 1 fully saturated rings. The SMILES string of the molecule is N[C@H]1CC2O[C@@H]1c1ccccc12.